The van der Waals surface area contributed by atoms with Gasteiger partial charge in [-0.15, -0.1) is 0 Å². The number of carbonyl (C=O) groups excluding carboxylic acids is 3. The first-order valence-electron chi connectivity index (χ1n) is 9.63. The molecule has 0 atom stereocenters. The van der Waals surface area contributed by atoms with Crippen molar-refractivity contribution in [3.05, 3.63) is 59.1 Å². The van der Waals surface area contributed by atoms with Gasteiger partial charge in [0.25, 0.3) is 0 Å². The maximum Gasteiger partial charge on any atom is 0.313 e. The Kier molecular flexibility index (Phi) is 6.88. The van der Waals surface area contributed by atoms with Crippen LogP contribution in [0.4, 0.5) is 11.4 Å². The van der Waals surface area contributed by atoms with Crippen molar-refractivity contribution in [3.8, 4) is 0 Å². The van der Waals surface area contributed by atoms with Gasteiger partial charge in [-0.3, -0.25) is 14.4 Å². The number of hydrogen-bond donors (Lipinski definition) is 2. The zero-order valence-corrected chi connectivity index (χ0v) is 17.0. The number of likely N-dealkylation sites (tertiary alicyclic amines) is 1. The standard InChI is InChI=1S/C22H24ClN3O3/c1-15(27)24-19-6-8-20(9-7-19)25-21(28)22(29)26-12-10-17(11-13-26)14-16-2-4-18(23)5-3-16/h2-9,17H,10-14H2,1H3,(H,24,27)(H,25,28). The van der Waals surface area contributed by atoms with Crippen LogP contribution in [-0.2, 0) is 20.8 Å². The van der Waals surface area contributed by atoms with Crippen molar-refractivity contribution in [3.63, 3.8) is 0 Å². The largest absolute Gasteiger partial charge is 0.334 e. The normalized spacial score (nSPS) is 14.3. The van der Waals surface area contributed by atoms with Crippen molar-refractivity contribution in [1.82, 2.24) is 4.90 Å². The summed E-state index contributed by atoms with van der Waals surface area (Å²) < 4.78 is 0. The first-order valence-corrected chi connectivity index (χ1v) is 10.0. The van der Waals surface area contributed by atoms with Crippen LogP contribution in [0.15, 0.2) is 48.5 Å². The number of nitrogens with zero attached hydrogens (tertiary/aromatic N) is 1. The molecule has 3 rings (SSSR count). The molecule has 0 radical (unpaired) electrons. The minimum atomic E-state index is -0.645. The highest BCUT2D eigenvalue weighted by Gasteiger charge is 2.27. The lowest BCUT2D eigenvalue weighted by atomic mass is 9.90. The predicted molar refractivity (Wildman–Crippen MR) is 114 cm³/mol. The number of nitrogens with one attached hydrogen (secondary N) is 2. The second kappa shape index (κ2) is 9.56. The molecule has 2 N–H and O–H groups in total. The molecule has 2 aromatic rings. The van der Waals surface area contributed by atoms with Crippen LogP contribution >= 0.6 is 11.6 Å². The Balaban J connectivity index is 1.47. The Labute approximate surface area is 175 Å². The Morgan fingerprint density at radius 1 is 0.931 bits per heavy atom. The summed E-state index contributed by atoms with van der Waals surface area (Å²) in [4.78, 5) is 37.4. The summed E-state index contributed by atoms with van der Waals surface area (Å²) in [5, 5.41) is 6.00. The summed E-state index contributed by atoms with van der Waals surface area (Å²) in [5.74, 6) is -0.838. The van der Waals surface area contributed by atoms with Crippen LogP contribution in [0, 0.1) is 5.92 Å². The van der Waals surface area contributed by atoms with Crippen molar-refractivity contribution in [2.24, 2.45) is 5.92 Å². The van der Waals surface area contributed by atoms with Gasteiger partial charge in [-0.1, -0.05) is 23.7 Å². The van der Waals surface area contributed by atoms with Crippen molar-refractivity contribution in [2.45, 2.75) is 26.2 Å². The number of carbonyl (C=O) groups is 3. The average Bonchev–Trinajstić information content (AvgIpc) is 2.71. The van der Waals surface area contributed by atoms with Gasteiger partial charge < -0.3 is 15.5 Å². The van der Waals surface area contributed by atoms with Gasteiger partial charge in [0.05, 0.1) is 0 Å². The molecule has 1 fully saturated rings. The van der Waals surface area contributed by atoms with Crippen LogP contribution in [0.5, 0.6) is 0 Å². The van der Waals surface area contributed by atoms with Crippen molar-refractivity contribution >= 4 is 40.7 Å². The van der Waals surface area contributed by atoms with Gasteiger partial charge in [0, 0.05) is 36.4 Å². The SMILES string of the molecule is CC(=O)Nc1ccc(NC(=O)C(=O)N2CCC(Cc3ccc(Cl)cc3)CC2)cc1. The smallest absolute Gasteiger partial charge is 0.313 e. The highest BCUT2D eigenvalue weighted by molar-refractivity contribution is 6.39. The van der Waals surface area contributed by atoms with Gasteiger partial charge in [0.1, 0.15) is 0 Å². The van der Waals surface area contributed by atoms with Crippen molar-refractivity contribution in [1.29, 1.82) is 0 Å². The minimum absolute atomic E-state index is 0.170. The highest BCUT2D eigenvalue weighted by atomic mass is 35.5. The molecule has 3 amide bonds. The molecule has 0 unspecified atom stereocenters. The van der Waals surface area contributed by atoms with E-state index in [4.69, 9.17) is 11.6 Å². The monoisotopic (exact) mass is 413 g/mol. The molecule has 7 heteroatoms. The molecule has 1 saturated heterocycles. The average molecular weight is 414 g/mol. The van der Waals surface area contributed by atoms with Crippen LogP contribution in [-0.4, -0.2) is 35.7 Å². The topological polar surface area (TPSA) is 78.5 Å². The number of benzene rings is 2. The summed E-state index contributed by atoms with van der Waals surface area (Å²) in [6.07, 6.45) is 2.69. The molecule has 0 spiro atoms. The number of hydrogen-bond acceptors (Lipinski definition) is 3. The zero-order valence-electron chi connectivity index (χ0n) is 16.3. The molecular weight excluding hydrogens is 390 g/mol. The number of anilines is 2. The van der Waals surface area contributed by atoms with E-state index in [1.807, 2.05) is 24.3 Å². The second-order valence-electron chi connectivity index (χ2n) is 7.28. The molecule has 152 valence electrons. The summed E-state index contributed by atoms with van der Waals surface area (Å²) >= 11 is 5.92. The third-order valence-corrected chi connectivity index (χ3v) is 5.25. The summed E-state index contributed by atoms with van der Waals surface area (Å²) in [5.41, 5.74) is 2.37. The van der Waals surface area contributed by atoms with Gasteiger partial charge in [-0.25, -0.2) is 0 Å². The maximum absolute atomic E-state index is 12.5. The fourth-order valence-corrected chi connectivity index (χ4v) is 3.59. The second-order valence-corrected chi connectivity index (χ2v) is 7.72. The van der Waals surface area contributed by atoms with E-state index in [-0.39, 0.29) is 5.91 Å². The summed E-state index contributed by atoms with van der Waals surface area (Å²) in [6, 6.07) is 14.5. The molecule has 1 heterocycles. The van der Waals surface area contributed by atoms with Crippen LogP contribution in [0.3, 0.4) is 0 Å². The molecule has 1 aliphatic rings. The minimum Gasteiger partial charge on any atom is -0.334 e. The van der Waals surface area contributed by atoms with Crippen LogP contribution in [0.1, 0.15) is 25.3 Å². The van der Waals surface area contributed by atoms with E-state index in [0.29, 0.717) is 30.4 Å². The van der Waals surface area contributed by atoms with E-state index in [1.165, 1.54) is 12.5 Å². The number of rotatable bonds is 4. The van der Waals surface area contributed by atoms with Crippen LogP contribution < -0.4 is 10.6 Å². The predicted octanol–water partition coefficient (Wildman–Crippen LogP) is 3.72. The van der Waals surface area contributed by atoms with Gasteiger partial charge in [0.2, 0.25) is 5.91 Å². The fourth-order valence-electron chi connectivity index (χ4n) is 3.46. The lowest BCUT2D eigenvalue weighted by Crippen LogP contribution is -2.44. The quantitative estimate of drug-likeness (QED) is 0.750. The van der Waals surface area contributed by atoms with Gasteiger partial charge in [-0.2, -0.15) is 0 Å². The van der Waals surface area contributed by atoms with Gasteiger partial charge in [0.15, 0.2) is 0 Å². The van der Waals surface area contributed by atoms with E-state index in [2.05, 4.69) is 10.6 Å². The first kappa shape index (κ1) is 20.9. The molecule has 29 heavy (non-hydrogen) atoms. The molecule has 2 aromatic carbocycles. The number of piperidine rings is 1. The van der Waals surface area contributed by atoms with E-state index in [0.717, 1.165) is 24.3 Å². The molecular formula is C22H24ClN3O3. The molecule has 1 aliphatic heterocycles. The number of amides is 3. The van der Waals surface area contributed by atoms with Crippen LogP contribution in [0.25, 0.3) is 0 Å². The Bertz CT molecular complexity index is 873. The van der Waals surface area contributed by atoms with Crippen LogP contribution in [0.2, 0.25) is 5.02 Å². The van der Waals surface area contributed by atoms with Crippen molar-refractivity contribution < 1.29 is 14.4 Å². The summed E-state index contributed by atoms with van der Waals surface area (Å²) in [7, 11) is 0. The third-order valence-electron chi connectivity index (χ3n) is 5.00. The lowest BCUT2D eigenvalue weighted by Gasteiger charge is -2.31. The maximum atomic E-state index is 12.5. The van der Waals surface area contributed by atoms with E-state index in [1.54, 1.807) is 29.2 Å². The summed E-state index contributed by atoms with van der Waals surface area (Å²) in [6.45, 7) is 2.57. The molecule has 0 saturated carbocycles. The molecule has 0 aromatic heterocycles. The Morgan fingerprint density at radius 2 is 1.48 bits per heavy atom. The van der Waals surface area contributed by atoms with E-state index in [9.17, 15) is 14.4 Å². The molecule has 0 aliphatic carbocycles. The third kappa shape index (κ3) is 6.06. The van der Waals surface area contributed by atoms with Gasteiger partial charge in [-0.05, 0) is 67.1 Å². The fraction of sp³-hybridized carbons (Fsp3) is 0.318. The Hall–Kier alpha value is -2.86. The van der Waals surface area contributed by atoms with Crippen molar-refractivity contribution in [2.75, 3.05) is 23.7 Å². The van der Waals surface area contributed by atoms with E-state index >= 15 is 0 Å². The Morgan fingerprint density at radius 3 is 2.03 bits per heavy atom. The molecule has 0 bridgehead atoms. The van der Waals surface area contributed by atoms with E-state index < -0.39 is 11.8 Å². The lowest BCUT2D eigenvalue weighted by molar-refractivity contribution is -0.144. The number of halogens is 1. The van der Waals surface area contributed by atoms with Gasteiger partial charge >= 0.3 is 11.8 Å². The zero-order chi connectivity index (χ0) is 20.8. The highest BCUT2D eigenvalue weighted by Crippen LogP contribution is 2.23. The first-order chi connectivity index (χ1) is 13.9. The molecule has 6 nitrogen and oxygen atoms in total.